The highest BCUT2D eigenvalue weighted by atomic mass is 127. The van der Waals surface area contributed by atoms with Gasteiger partial charge in [-0.2, -0.15) is 5.10 Å². The number of methoxy groups -OCH3 is 1. The van der Waals surface area contributed by atoms with Crippen LogP contribution in [0.2, 0.25) is 5.02 Å². The minimum absolute atomic E-state index is 0.672. The molecular weight excluding hydrogens is 338 g/mol. The molecule has 3 nitrogen and oxygen atoms in total. The minimum atomic E-state index is 0.672. The highest BCUT2D eigenvalue weighted by Gasteiger charge is 2.04. The van der Waals surface area contributed by atoms with Gasteiger partial charge >= 0.3 is 0 Å². The summed E-state index contributed by atoms with van der Waals surface area (Å²) in [6.07, 6.45) is 1.93. The van der Waals surface area contributed by atoms with Gasteiger partial charge in [-0.3, -0.25) is 4.68 Å². The van der Waals surface area contributed by atoms with Crippen LogP contribution < -0.4 is 4.74 Å². The molecule has 0 aliphatic heterocycles. The minimum Gasteiger partial charge on any atom is -0.497 e. The van der Waals surface area contributed by atoms with E-state index in [0.717, 1.165) is 15.0 Å². The number of ether oxygens (including phenoxy) is 1. The fraction of sp³-hybridized carbons (Fsp3) is 0.182. The van der Waals surface area contributed by atoms with Crippen LogP contribution in [-0.2, 0) is 6.54 Å². The molecule has 0 aliphatic carbocycles. The molecule has 5 heteroatoms. The summed E-state index contributed by atoms with van der Waals surface area (Å²) in [6.45, 7) is 0.672. The Balaban J connectivity index is 2.21. The number of nitrogens with zero attached hydrogens (tertiary/aromatic N) is 2. The Bertz CT molecular complexity index is 498. The van der Waals surface area contributed by atoms with E-state index < -0.39 is 0 Å². The van der Waals surface area contributed by atoms with Crippen molar-refractivity contribution < 1.29 is 4.74 Å². The van der Waals surface area contributed by atoms with Gasteiger partial charge in [0.1, 0.15) is 9.45 Å². The molecule has 0 unspecified atom stereocenters. The lowest BCUT2D eigenvalue weighted by molar-refractivity contribution is 0.414. The third kappa shape index (κ3) is 2.68. The normalized spacial score (nSPS) is 10.4. The molecule has 0 bridgehead atoms. The Kier molecular flexibility index (Phi) is 3.70. The van der Waals surface area contributed by atoms with Crippen molar-refractivity contribution in [1.29, 1.82) is 0 Å². The highest BCUT2D eigenvalue weighted by Crippen LogP contribution is 2.23. The van der Waals surface area contributed by atoms with Crippen molar-refractivity contribution in [3.8, 4) is 5.75 Å². The predicted molar refractivity (Wildman–Crippen MR) is 72.1 cm³/mol. The van der Waals surface area contributed by atoms with Gasteiger partial charge in [-0.25, -0.2) is 0 Å². The van der Waals surface area contributed by atoms with Gasteiger partial charge in [0, 0.05) is 11.2 Å². The molecular formula is C11H10ClIN2O. The van der Waals surface area contributed by atoms with Gasteiger partial charge in [0.25, 0.3) is 0 Å². The molecule has 0 N–H and O–H groups in total. The summed E-state index contributed by atoms with van der Waals surface area (Å²) >= 11 is 8.32. The first-order valence-electron chi connectivity index (χ1n) is 4.70. The third-order valence-corrected chi connectivity index (χ3v) is 3.13. The van der Waals surface area contributed by atoms with Crippen molar-refractivity contribution in [3.05, 3.63) is 44.7 Å². The predicted octanol–water partition coefficient (Wildman–Crippen LogP) is 3.20. The van der Waals surface area contributed by atoms with Crippen molar-refractivity contribution in [3.63, 3.8) is 0 Å². The lowest BCUT2D eigenvalue weighted by Crippen LogP contribution is -2.01. The van der Waals surface area contributed by atoms with Gasteiger partial charge in [0.2, 0.25) is 0 Å². The van der Waals surface area contributed by atoms with E-state index in [0.29, 0.717) is 11.6 Å². The first-order chi connectivity index (χ1) is 7.69. The first kappa shape index (κ1) is 11.7. The molecule has 0 saturated heterocycles. The number of rotatable bonds is 3. The number of benzene rings is 1. The number of hydrogen-bond acceptors (Lipinski definition) is 2. The van der Waals surface area contributed by atoms with Crippen LogP contribution in [0.1, 0.15) is 5.56 Å². The van der Waals surface area contributed by atoms with Crippen LogP contribution in [0.25, 0.3) is 0 Å². The summed E-state index contributed by atoms with van der Waals surface area (Å²) in [5.41, 5.74) is 1.03. The van der Waals surface area contributed by atoms with Crippen molar-refractivity contribution in [2.24, 2.45) is 0 Å². The van der Waals surface area contributed by atoms with E-state index in [-0.39, 0.29) is 0 Å². The second kappa shape index (κ2) is 5.05. The second-order valence-corrected chi connectivity index (χ2v) is 4.81. The van der Waals surface area contributed by atoms with Crippen molar-refractivity contribution in [2.45, 2.75) is 6.54 Å². The van der Waals surface area contributed by atoms with Gasteiger partial charge < -0.3 is 4.74 Å². The van der Waals surface area contributed by atoms with Crippen LogP contribution in [0, 0.1) is 3.70 Å². The average molecular weight is 349 g/mol. The molecule has 0 aliphatic rings. The summed E-state index contributed by atoms with van der Waals surface area (Å²) in [7, 11) is 1.63. The fourth-order valence-corrected chi connectivity index (χ4v) is 2.05. The zero-order valence-electron chi connectivity index (χ0n) is 8.65. The SMILES string of the molecule is COc1ccc(Cn2ccc(I)n2)c(Cl)c1. The topological polar surface area (TPSA) is 27.1 Å². The van der Waals surface area contributed by atoms with Crippen LogP contribution in [0.3, 0.4) is 0 Å². The maximum atomic E-state index is 6.14. The van der Waals surface area contributed by atoms with Crippen LogP contribution in [0.4, 0.5) is 0 Å². The van der Waals surface area contributed by atoms with Gasteiger partial charge in [-0.1, -0.05) is 17.7 Å². The largest absolute Gasteiger partial charge is 0.497 e. The summed E-state index contributed by atoms with van der Waals surface area (Å²) in [6, 6.07) is 7.62. The van der Waals surface area contributed by atoms with Crippen LogP contribution >= 0.6 is 34.2 Å². The summed E-state index contributed by atoms with van der Waals surface area (Å²) in [4.78, 5) is 0. The Morgan fingerprint density at radius 1 is 1.44 bits per heavy atom. The van der Waals surface area contributed by atoms with E-state index >= 15 is 0 Å². The zero-order valence-corrected chi connectivity index (χ0v) is 11.6. The molecule has 0 radical (unpaired) electrons. The summed E-state index contributed by atoms with van der Waals surface area (Å²) in [5, 5.41) is 5.00. The lowest BCUT2D eigenvalue weighted by Gasteiger charge is -2.06. The van der Waals surface area contributed by atoms with E-state index in [1.807, 2.05) is 35.1 Å². The number of hydrogen-bond donors (Lipinski definition) is 0. The van der Waals surface area contributed by atoms with Crippen LogP contribution in [0.15, 0.2) is 30.5 Å². The third-order valence-electron chi connectivity index (χ3n) is 2.20. The average Bonchev–Trinajstić information content (AvgIpc) is 2.67. The molecule has 0 fully saturated rings. The van der Waals surface area contributed by atoms with Gasteiger partial charge in [0.15, 0.2) is 0 Å². The standard InChI is InChI=1S/C11H10ClIN2O/c1-16-9-3-2-8(10(12)6-9)7-15-5-4-11(13)14-15/h2-6H,7H2,1H3. The van der Waals surface area contributed by atoms with Crippen LogP contribution in [0.5, 0.6) is 5.75 Å². The molecule has 84 valence electrons. The van der Waals surface area contributed by atoms with Gasteiger partial charge in [-0.05, 0) is 46.4 Å². The molecule has 0 saturated carbocycles. The molecule has 0 amide bonds. The smallest absolute Gasteiger partial charge is 0.123 e. The maximum absolute atomic E-state index is 6.14. The second-order valence-electron chi connectivity index (χ2n) is 3.29. The maximum Gasteiger partial charge on any atom is 0.123 e. The summed E-state index contributed by atoms with van der Waals surface area (Å²) in [5.74, 6) is 0.767. The highest BCUT2D eigenvalue weighted by molar-refractivity contribution is 14.1. The molecule has 1 aromatic heterocycles. The van der Waals surface area contributed by atoms with Crippen molar-refractivity contribution >= 4 is 34.2 Å². The van der Waals surface area contributed by atoms with Crippen LogP contribution in [-0.4, -0.2) is 16.9 Å². The van der Waals surface area contributed by atoms with E-state index in [1.54, 1.807) is 7.11 Å². The number of aromatic nitrogens is 2. The first-order valence-corrected chi connectivity index (χ1v) is 6.16. The molecule has 16 heavy (non-hydrogen) atoms. The van der Waals surface area contributed by atoms with Gasteiger partial charge in [0.05, 0.1) is 13.7 Å². The Morgan fingerprint density at radius 3 is 2.81 bits per heavy atom. The van der Waals surface area contributed by atoms with Crippen molar-refractivity contribution in [2.75, 3.05) is 7.11 Å². The van der Waals surface area contributed by atoms with E-state index in [2.05, 4.69) is 27.7 Å². The van der Waals surface area contributed by atoms with E-state index in [4.69, 9.17) is 16.3 Å². The molecule has 0 atom stereocenters. The Labute approximate surface area is 113 Å². The molecule has 2 aromatic rings. The number of halogens is 2. The molecule has 1 heterocycles. The molecule has 0 spiro atoms. The Hall–Kier alpha value is -0.750. The monoisotopic (exact) mass is 348 g/mol. The summed E-state index contributed by atoms with van der Waals surface area (Å²) < 4.78 is 7.93. The fourth-order valence-electron chi connectivity index (χ4n) is 1.38. The zero-order chi connectivity index (χ0) is 11.5. The van der Waals surface area contributed by atoms with E-state index in [1.165, 1.54) is 0 Å². The van der Waals surface area contributed by atoms with E-state index in [9.17, 15) is 0 Å². The van der Waals surface area contributed by atoms with Crippen molar-refractivity contribution in [1.82, 2.24) is 9.78 Å². The lowest BCUT2D eigenvalue weighted by atomic mass is 10.2. The Morgan fingerprint density at radius 2 is 2.25 bits per heavy atom. The quantitative estimate of drug-likeness (QED) is 0.797. The molecule has 1 aromatic carbocycles. The molecule has 2 rings (SSSR count). The van der Waals surface area contributed by atoms with Gasteiger partial charge in [-0.15, -0.1) is 0 Å².